The molecule has 22 heteroatoms. The van der Waals surface area contributed by atoms with Gasteiger partial charge in [-0.05, 0) is 150 Å². The van der Waals surface area contributed by atoms with Crippen molar-refractivity contribution in [3.63, 3.8) is 0 Å². The Morgan fingerprint density at radius 2 is 0.913 bits per heavy atom. The normalized spacial score (nSPS) is 32.7. The highest BCUT2D eigenvalue weighted by Crippen LogP contribution is 2.58. The number of nitrogens with zero attached hydrogens (tertiary/aromatic N) is 5. The first-order valence-corrected chi connectivity index (χ1v) is 34.7. The van der Waals surface area contributed by atoms with Crippen LogP contribution in [-0.4, -0.2) is 148 Å². The number of nitrogens with one attached hydrogen (secondary N) is 1. The minimum absolute atomic E-state index is 0. The van der Waals surface area contributed by atoms with Crippen LogP contribution in [0, 0.1) is 69.5 Å². The van der Waals surface area contributed by atoms with Gasteiger partial charge in [0.2, 0.25) is 0 Å². The molecule has 18 nitrogen and oxygen atoms in total. The molecule has 3 saturated heterocycles. The minimum Gasteiger partial charge on any atom is -0.492 e. The molecule has 6 saturated carbocycles. The van der Waals surface area contributed by atoms with Crippen LogP contribution in [0.5, 0.6) is 17.2 Å². The number of esters is 2. The molecule has 9 atom stereocenters. The molecule has 6 aliphatic carbocycles. The van der Waals surface area contributed by atoms with Crippen LogP contribution < -0.4 is 29.3 Å². The number of rotatable bonds is 19. The number of aromatic nitrogens is 3. The van der Waals surface area contributed by atoms with Crippen molar-refractivity contribution in [1.29, 1.82) is 0 Å². The maximum Gasteiger partial charge on any atom is 0.312 e. The van der Waals surface area contributed by atoms with Crippen molar-refractivity contribution < 1.29 is 57.4 Å². The van der Waals surface area contributed by atoms with Crippen LogP contribution in [0.3, 0.4) is 0 Å². The van der Waals surface area contributed by atoms with Crippen molar-refractivity contribution in [1.82, 2.24) is 20.3 Å². The number of halogens is 1. The zero-order valence-corrected chi connectivity index (χ0v) is 60.8. The second-order valence-corrected chi connectivity index (χ2v) is 29.1. The average Bonchev–Trinajstić information content (AvgIpc) is 1.61. The van der Waals surface area contributed by atoms with Crippen LogP contribution in [0.15, 0.2) is 59.9 Å². The van der Waals surface area contributed by atoms with Gasteiger partial charge in [-0.25, -0.2) is 0 Å². The molecule has 6 heterocycles. The number of carboxylic acid groups (broad SMARTS) is 1. The van der Waals surface area contributed by atoms with E-state index in [1.807, 2.05) is 59.3 Å². The summed E-state index contributed by atoms with van der Waals surface area (Å²) in [6, 6.07) is 6.13. The van der Waals surface area contributed by atoms with Gasteiger partial charge >= 0.3 is 17.9 Å². The molecule has 0 radical (unpaired) electrons. The predicted octanol–water partition coefficient (Wildman–Crippen LogP) is 12.6. The Morgan fingerprint density at radius 3 is 1.28 bits per heavy atom. The highest BCUT2D eigenvalue weighted by atomic mass is 79.9. The summed E-state index contributed by atoms with van der Waals surface area (Å²) in [5.41, 5.74) is 0.774. The molecular formula is C70H111BrN6O12S3. The lowest BCUT2D eigenvalue weighted by molar-refractivity contribution is -0.151. The third-order valence-corrected chi connectivity index (χ3v) is 21.5. The lowest BCUT2D eigenvalue weighted by Crippen LogP contribution is -2.44. The van der Waals surface area contributed by atoms with Gasteiger partial charge in [-0.3, -0.25) is 29.3 Å². The van der Waals surface area contributed by atoms with Gasteiger partial charge in [0.25, 0.3) is 0 Å². The highest BCUT2D eigenvalue weighted by Gasteiger charge is 2.63. The molecule has 9 aliphatic rings. The first kappa shape index (κ1) is 77.2. The Bertz CT molecular complexity index is 2740. The number of carboxylic acids is 1. The summed E-state index contributed by atoms with van der Waals surface area (Å²) in [5.74, 6) is 6.97. The molecule has 3 aromatic heterocycles. The molecule has 12 rings (SSSR count). The van der Waals surface area contributed by atoms with Crippen molar-refractivity contribution >= 4 is 85.7 Å². The zero-order valence-electron chi connectivity index (χ0n) is 56.2. The number of hydrogen-bond donors (Lipinski definition) is 2. The molecule has 3 aliphatic heterocycles. The Balaban J connectivity index is 0.000000201. The van der Waals surface area contributed by atoms with E-state index in [0.29, 0.717) is 57.1 Å². The topological polar surface area (TPSA) is 202 Å². The Hall–Kier alpha value is -3.77. The van der Waals surface area contributed by atoms with E-state index < -0.39 is 16.8 Å². The quantitative estimate of drug-likeness (QED) is 0.107. The largest absolute Gasteiger partial charge is 0.492 e. The summed E-state index contributed by atoms with van der Waals surface area (Å²) in [6.45, 7) is 26.7. The monoisotopic (exact) mass is 1400 g/mol. The summed E-state index contributed by atoms with van der Waals surface area (Å²) in [7, 11) is 0. The van der Waals surface area contributed by atoms with Crippen LogP contribution in [0.2, 0.25) is 0 Å². The Kier molecular flexibility index (Phi) is 30.7. The van der Waals surface area contributed by atoms with Crippen molar-refractivity contribution in [3.8, 4) is 17.2 Å². The van der Waals surface area contributed by atoms with Gasteiger partial charge in [0.15, 0.2) is 0 Å². The molecule has 2 N–H and O–H groups in total. The minimum atomic E-state index is -0.715. The maximum atomic E-state index is 12.3. The summed E-state index contributed by atoms with van der Waals surface area (Å²) < 4.78 is 46.9. The van der Waals surface area contributed by atoms with E-state index in [-0.39, 0.29) is 88.0 Å². The first-order valence-electron chi connectivity index (χ1n) is 33.9. The van der Waals surface area contributed by atoms with Crippen molar-refractivity contribution in [2.24, 2.45) is 69.5 Å². The van der Waals surface area contributed by atoms with E-state index in [9.17, 15) is 19.5 Å². The van der Waals surface area contributed by atoms with Gasteiger partial charge in [-0.15, -0.1) is 0 Å². The smallest absolute Gasteiger partial charge is 0.312 e. The molecule has 518 valence electrons. The molecule has 0 spiro atoms. The van der Waals surface area contributed by atoms with Crippen LogP contribution in [-0.2, 0) is 38.1 Å². The predicted molar refractivity (Wildman–Crippen MR) is 377 cm³/mol. The van der Waals surface area contributed by atoms with E-state index in [2.05, 4.69) is 78.9 Å². The van der Waals surface area contributed by atoms with Crippen LogP contribution in [0.1, 0.15) is 152 Å². The number of aliphatic carboxylic acids is 1. The Labute approximate surface area is 578 Å². The fraction of sp³-hybridized carbons (Fsp3) is 0.743. The lowest BCUT2D eigenvalue weighted by Gasteiger charge is -2.35. The number of hydrogen-bond acceptors (Lipinski definition) is 17. The molecule has 0 aromatic carbocycles. The lowest BCUT2D eigenvalue weighted by atomic mass is 9.83. The highest BCUT2D eigenvalue weighted by molar-refractivity contribution is 9.10. The zero-order chi connectivity index (χ0) is 63.1. The van der Waals surface area contributed by atoms with Gasteiger partial charge < -0.3 is 58.1 Å². The number of ether oxygens (including phenoxy) is 8. The molecule has 0 amide bonds. The number of carbonyl (C=O) groups excluding carboxylic acids is 2. The van der Waals surface area contributed by atoms with E-state index in [0.717, 1.165) is 129 Å². The fourth-order valence-electron chi connectivity index (χ4n) is 14.2. The summed E-state index contributed by atoms with van der Waals surface area (Å²) >= 11 is 3.39. The molecule has 92 heavy (non-hydrogen) atoms. The average molecular weight is 1400 g/mol. The van der Waals surface area contributed by atoms with E-state index in [4.69, 9.17) is 37.9 Å². The van der Waals surface area contributed by atoms with Gasteiger partial charge in [0, 0.05) is 79.8 Å². The van der Waals surface area contributed by atoms with Crippen LogP contribution in [0.4, 0.5) is 11.4 Å². The third kappa shape index (κ3) is 21.6. The first-order chi connectivity index (χ1) is 42.9. The van der Waals surface area contributed by atoms with Crippen molar-refractivity contribution in [3.05, 3.63) is 59.9 Å². The van der Waals surface area contributed by atoms with Crippen LogP contribution in [0.25, 0.3) is 0 Å². The molecule has 6 unspecified atom stereocenters. The molecule has 0 bridgehead atoms. The number of pyridine rings is 3. The van der Waals surface area contributed by atoms with Gasteiger partial charge in [0.1, 0.15) is 17.2 Å². The van der Waals surface area contributed by atoms with E-state index in [1.165, 1.54) is 77.0 Å². The number of anilines is 2. The van der Waals surface area contributed by atoms with E-state index >= 15 is 0 Å². The van der Waals surface area contributed by atoms with Crippen LogP contribution >= 0.6 is 56.4 Å². The standard InChI is InChI=1S/C24H36N2O4.C22H32N2O4.C13H18BrNO.C11H19NO3.3H2S/c1-4-28-23(27)24(3)12-21(24)22-15-26(9-10-29-22)19-11-20(14-25-13-19)30-16-18-7-5-17(2)6-8-18;1-15-3-5-16(6-4-15)14-28-18-9-17(11-23-12-18)24-7-8-27-20(13-24)19-10-22(19,2)21(25)26;1-10-2-4-11(5-3-10)9-16-13-6-12(14)7-15-8-13;1-3-14-10(13)11(2)6-8(11)9-7-12-4-5-15-9;;;/h11,13-14,17-18,21-22H,4-10,12,15-16H2,1-3H3;9,11-12,15-16,19-20H,3-8,10,13-14H2,1-2H3,(H,25,26);6-8,10-11H,2-5,9H2,1H3;8-9,12H,3-7H2,1-2H3;3*1H2/t17?,18?,21?,22-,24?;15?,16?,19?,20-,22?;;8?,9-,11?;;;/m11.1.../s1. The van der Waals surface area contributed by atoms with Gasteiger partial charge in [-0.1, -0.05) is 59.3 Å². The van der Waals surface area contributed by atoms with Gasteiger partial charge in [0.05, 0.1) is 130 Å². The molecule has 3 aromatic rings. The van der Waals surface area contributed by atoms with Gasteiger partial charge in [-0.2, -0.15) is 40.5 Å². The fourth-order valence-corrected chi connectivity index (χ4v) is 14.5. The summed E-state index contributed by atoms with van der Waals surface area (Å²) in [4.78, 5) is 52.9. The third-order valence-electron chi connectivity index (χ3n) is 21.0. The second-order valence-electron chi connectivity index (χ2n) is 28.2. The molecular weight excluding hydrogens is 1290 g/mol. The SMILES string of the molecule is CC1CCC(COc2cncc(Br)c2)CC1.CC1CCC(COc2cncc(N3CCO[C@@H](C4CC4(C)C(=O)O)C3)c2)CC1.CCOC(=O)C1(C)CC1[C@H]1CN(c2cncc(OCC3CCC(C)CC3)c2)CCO1.CCOC(=O)C1(C)CC1[C@H]1CNCCO1.S.S.S. The number of morpholine rings is 3. The molecule has 9 fully saturated rings. The maximum absolute atomic E-state index is 12.3. The summed E-state index contributed by atoms with van der Waals surface area (Å²) in [5, 5.41) is 12.7. The van der Waals surface area contributed by atoms with E-state index in [1.54, 1.807) is 18.6 Å². The summed E-state index contributed by atoms with van der Waals surface area (Å²) in [6.07, 6.45) is 29.1. The Morgan fingerprint density at radius 1 is 0.543 bits per heavy atom. The number of carbonyl (C=O) groups is 3. The van der Waals surface area contributed by atoms with Crippen molar-refractivity contribution in [2.45, 2.75) is 170 Å². The van der Waals surface area contributed by atoms with Crippen molar-refractivity contribution in [2.75, 3.05) is 102 Å². The second kappa shape index (κ2) is 36.5.